The summed E-state index contributed by atoms with van der Waals surface area (Å²) in [7, 11) is 0.824. The van der Waals surface area contributed by atoms with Gasteiger partial charge in [0.25, 0.3) is 5.56 Å². The fourth-order valence-corrected chi connectivity index (χ4v) is 4.79. The lowest BCUT2D eigenvalue weighted by Crippen LogP contribution is -2.42. The topological polar surface area (TPSA) is 71.4 Å². The van der Waals surface area contributed by atoms with Crippen molar-refractivity contribution < 1.29 is 8.42 Å². The van der Waals surface area contributed by atoms with Crippen LogP contribution in [0.2, 0.25) is 0 Å². The van der Waals surface area contributed by atoms with Crippen molar-refractivity contribution in [2.24, 2.45) is 0 Å². The molecule has 1 atom stereocenters. The summed E-state index contributed by atoms with van der Waals surface area (Å²) in [6.07, 6.45) is 3.73. The molecule has 6 nitrogen and oxygen atoms in total. The number of pyridine rings is 1. The quantitative estimate of drug-likeness (QED) is 0.812. The first-order valence-corrected chi connectivity index (χ1v) is 9.79. The lowest BCUT2D eigenvalue weighted by Gasteiger charge is -2.28. The molecule has 1 aromatic heterocycles. The van der Waals surface area contributed by atoms with E-state index in [0.717, 1.165) is 43.5 Å². The van der Waals surface area contributed by atoms with Crippen LogP contribution in [0.25, 0.3) is 0 Å². The van der Waals surface area contributed by atoms with Crippen LogP contribution in [0.15, 0.2) is 16.9 Å². The fraction of sp³-hybridized carbons (Fsp3) is 0.688. The Balaban J connectivity index is 1.76. The van der Waals surface area contributed by atoms with Crippen molar-refractivity contribution in [2.75, 3.05) is 20.6 Å². The van der Waals surface area contributed by atoms with Crippen molar-refractivity contribution in [3.05, 3.63) is 33.7 Å². The van der Waals surface area contributed by atoms with Gasteiger partial charge in [-0.25, -0.2) is 13.1 Å². The Morgan fingerprint density at radius 1 is 1.26 bits per heavy atom. The molecule has 128 valence electrons. The second-order valence-corrected chi connectivity index (χ2v) is 8.89. The highest BCUT2D eigenvalue weighted by Crippen LogP contribution is 2.29. The Bertz CT molecular complexity index is 735. The van der Waals surface area contributed by atoms with Gasteiger partial charge in [0, 0.05) is 30.9 Å². The molecule has 0 aliphatic heterocycles. The molecular formula is C16H25N3O3S. The molecule has 2 aliphatic rings. The maximum Gasteiger partial charge on any atom is 0.250 e. The third-order valence-corrected chi connectivity index (χ3v) is 6.66. The van der Waals surface area contributed by atoms with Gasteiger partial charge in [-0.2, -0.15) is 0 Å². The number of nitrogens with one attached hydrogen (secondary N) is 1. The highest BCUT2D eigenvalue weighted by atomic mass is 32.2. The summed E-state index contributed by atoms with van der Waals surface area (Å²) in [6.45, 7) is 1.49. The van der Waals surface area contributed by atoms with Crippen LogP contribution in [0.1, 0.15) is 30.5 Å². The summed E-state index contributed by atoms with van der Waals surface area (Å²) in [5, 5.41) is -0.182. The van der Waals surface area contributed by atoms with Gasteiger partial charge in [0.1, 0.15) is 0 Å². The lowest BCUT2D eigenvalue weighted by molar-refractivity contribution is 0.373. The summed E-state index contributed by atoms with van der Waals surface area (Å²) in [5.41, 5.74) is 2.20. The molecule has 1 fully saturated rings. The summed E-state index contributed by atoms with van der Waals surface area (Å²) in [4.78, 5) is 14.2. The van der Waals surface area contributed by atoms with Crippen LogP contribution in [0, 0.1) is 0 Å². The van der Waals surface area contributed by atoms with E-state index >= 15 is 0 Å². The first-order chi connectivity index (χ1) is 10.9. The molecule has 0 aromatic carbocycles. The summed E-state index contributed by atoms with van der Waals surface area (Å²) in [5.74, 6) is 0. The van der Waals surface area contributed by atoms with Crippen molar-refractivity contribution in [1.29, 1.82) is 0 Å². The summed E-state index contributed by atoms with van der Waals surface area (Å²) in [6, 6.07) is 3.42. The molecule has 7 heteroatoms. The molecule has 2 aliphatic carbocycles. The fourth-order valence-electron chi connectivity index (χ4n) is 3.18. The molecule has 0 bridgehead atoms. The Kier molecular flexibility index (Phi) is 4.62. The number of hydrogen-bond acceptors (Lipinski definition) is 4. The Morgan fingerprint density at radius 3 is 2.65 bits per heavy atom. The number of aromatic nitrogens is 1. The predicted molar refractivity (Wildman–Crippen MR) is 90.1 cm³/mol. The van der Waals surface area contributed by atoms with Crippen LogP contribution >= 0.6 is 0 Å². The number of rotatable bonds is 6. The largest absolute Gasteiger partial charge is 0.311 e. The van der Waals surface area contributed by atoms with Crippen molar-refractivity contribution >= 4 is 10.0 Å². The molecule has 3 rings (SSSR count). The van der Waals surface area contributed by atoms with E-state index in [9.17, 15) is 13.2 Å². The van der Waals surface area contributed by atoms with Gasteiger partial charge in [-0.05, 0) is 51.8 Å². The van der Waals surface area contributed by atoms with Crippen LogP contribution in [-0.4, -0.2) is 49.8 Å². The average Bonchev–Trinajstić information content (AvgIpc) is 3.31. The SMILES string of the molecule is CN(C)CCn1c2c(ccc1=O)CC(NS(=O)(=O)C1CC1)CC2. The molecule has 1 heterocycles. The van der Waals surface area contributed by atoms with Gasteiger partial charge in [0.15, 0.2) is 0 Å². The van der Waals surface area contributed by atoms with Gasteiger partial charge < -0.3 is 9.47 Å². The summed E-state index contributed by atoms with van der Waals surface area (Å²) >= 11 is 0. The molecule has 0 spiro atoms. The first kappa shape index (κ1) is 16.7. The van der Waals surface area contributed by atoms with Crippen LogP contribution in [0.3, 0.4) is 0 Å². The highest BCUT2D eigenvalue weighted by molar-refractivity contribution is 7.90. The van der Waals surface area contributed by atoms with E-state index in [1.54, 1.807) is 6.07 Å². The number of hydrogen-bond donors (Lipinski definition) is 1. The van der Waals surface area contributed by atoms with Gasteiger partial charge in [0.2, 0.25) is 10.0 Å². The second kappa shape index (κ2) is 6.37. The summed E-state index contributed by atoms with van der Waals surface area (Å²) < 4.78 is 28.9. The zero-order valence-electron chi connectivity index (χ0n) is 13.8. The third-order valence-electron chi connectivity index (χ3n) is 4.65. The van der Waals surface area contributed by atoms with Crippen molar-refractivity contribution in [2.45, 2.75) is 49.9 Å². The van der Waals surface area contributed by atoms with E-state index in [-0.39, 0.29) is 16.9 Å². The van der Waals surface area contributed by atoms with E-state index in [4.69, 9.17) is 0 Å². The highest BCUT2D eigenvalue weighted by Gasteiger charge is 2.37. The number of nitrogens with zero attached hydrogens (tertiary/aromatic N) is 2. The molecule has 0 amide bonds. The number of sulfonamides is 1. The van der Waals surface area contributed by atoms with E-state index in [2.05, 4.69) is 9.62 Å². The van der Waals surface area contributed by atoms with Gasteiger partial charge in [-0.1, -0.05) is 6.07 Å². The lowest BCUT2D eigenvalue weighted by atomic mass is 9.92. The molecule has 1 saturated carbocycles. The maximum absolute atomic E-state index is 12.1. The van der Waals surface area contributed by atoms with Crippen molar-refractivity contribution in [1.82, 2.24) is 14.2 Å². The smallest absolute Gasteiger partial charge is 0.250 e. The van der Waals surface area contributed by atoms with E-state index in [1.807, 2.05) is 24.7 Å². The van der Waals surface area contributed by atoms with Crippen LogP contribution < -0.4 is 10.3 Å². The normalized spacial score (nSPS) is 21.4. The molecular weight excluding hydrogens is 314 g/mol. The zero-order valence-corrected chi connectivity index (χ0v) is 14.6. The van der Waals surface area contributed by atoms with Crippen molar-refractivity contribution in [3.8, 4) is 0 Å². The molecule has 1 N–H and O–H groups in total. The predicted octanol–water partition coefficient (Wildman–Crippen LogP) is 0.349. The standard InChI is InChI=1S/C16H25N3O3S/c1-18(2)9-10-19-15-7-4-13(11-12(15)3-8-16(19)20)17-23(21,22)14-5-6-14/h3,8,13-14,17H,4-7,9-11H2,1-2H3. The number of fused-ring (bicyclic) bond motifs is 1. The second-order valence-electron chi connectivity index (χ2n) is 6.90. The minimum atomic E-state index is -3.15. The molecule has 1 unspecified atom stereocenters. The van der Waals surface area contributed by atoms with Crippen molar-refractivity contribution in [3.63, 3.8) is 0 Å². The molecule has 1 aromatic rings. The van der Waals surface area contributed by atoms with Gasteiger partial charge in [-0.3, -0.25) is 4.79 Å². The molecule has 23 heavy (non-hydrogen) atoms. The van der Waals surface area contributed by atoms with Gasteiger partial charge >= 0.3 is 0 Å². The minimum Gasteiger partial charge on any atom is -0.311 e. The Hall–Kier alpha value is -1.18. The van der Waals surface area contributed by atoms with Crippen LogP contribution in [0.4, 0.5) is 0 Å². The zero-order chi connectivity index (χ0) is 16.6. The monoisotopic (exact) mass is 339 g/mol. The van der Waals surface area contributed by atoms with Gasteiger partial charge in [-0.15, -0.1) is 0 Å². The molecule has 0 saturated heterocycles. The minimum absolute atomic E-state index is 0.0302. The van der Waals surface area contributed by atoms with E-state index in [1.165, 1.54) is 0 Å². The van der Waals surface area contributed by atoms with E-state index < -0.39 is 10.0 Å². The first-order valence-electron chi connectivity index (χ1n) is 8.24. The maximum atomic E-state index is 12.1. The molecule has 0 radical (unpaired) electrons. The van der Waals surface area contributed by atoms with E-state index in [0.29, 0.717) is 13.0 Å². The Labute approximate surface area is 137 Å². The van der Waals surface area contributed by atoms with Gasteiger partial charge in [0.05, 0.1) is 5.25 Å². The van der Waals surface area contributed by atoms with Crippen LogP contribution in [0.5, 0.6) is 0 Å². The third kappa shape index (κ3) is 3.84. The number of likely N-dealkylation sites (N-methyl/N-ethyl adjacent to an activating group) is 1. The van der Waals surface area contributed by atoms with Crippen LogP contribution in [-0.2, 0) is 29.4 Å². The Morgan fingerprint density at radius 2 is 2.00 bits per heavy atom. The average molecular weight is 339 g/mol.